The third-order valence-electron chi connectivity index (χ3n) is 3.24. The summed E-state index contributed by atoms with van der Waals surface area (Å²) in [5, 5.41) is 8.91. The lowest BCUT2D eigenvalue weighted by Gasteiger charge is -2.22. The fraction of sp³-hybridized carbons (Fsp3) is 0.923. The van der Waals surface area contributed by atoms with Gasteiger partial charge in [0, 0.05) is 6.54 Å². The van der Waals surface area contributed by atoms with Gasteiger partial charge < -0.3 is 4.90 Å². The van der Waals surface area contributed by atoms with E-state index in [0.717, 1.165) is 31.8 Å². The van der Waals surface area contributed by atoms with Gasteiger partial charge in [-0.15, -0.1) is 0 Å². The summed E-state index contributed by atoms with van der Waals surface area (Å²) >= 11 is 0. The second-order valence-electron chi connectivity index (χ2n) is 5.44. The summed E-state index contributed by atoms with van der Waals surface area (Å²) in [6, 6.07) is 2.37. The molecule has 0 heterocycles. The number of nitriles is 1. The zero-order chi connectivity index (χ0) is 11.3. The van der Waals surface area contributed by atoms with Gasteiger partial charge in [0.25, 0.3) is 0 Å². The maximum absolute atomic E-state index is 8.91. The van der Waals surface area contributed by atoms with E-state index < -0.39 is 0 Å². The molecule has 0 atom stereocenters. The van der Waals surface area contributed by atoms with Gasteiger partial charge in [-0.25, -0.2) is 0 Å². The van der Waals surface area contributed by atoms with Crippen molar-refractivity contribution < 1.29 is 0 Å². The zero-order valence-electron chi connectivity index (χ0n) is 10.4. The van der Waals surface area contributed by atoms with Crippen LogP contribution >= 0.6 is 0 Å². The third-order valence-corrected chi connectivity index (χ3v) is 3.24. The van der Waals surface area contributed by atoms with E-state index in [9.17, 15) is 0 Å². The largest absolute Gasteiger partial charge is 0.303 e. The average molecular weight is 208 g/mol. The number of rotatable bonds is 7. The molecule has 0 aliphatic heterocycles. The molecule has 0 amide bonds. The van der Waals surface area contributed by atoms with Gasteiger partial charge in [0.2, 0.25) is 0 Å². The van der Waals surface area contributed by atoms with Crippen molar-refractivity contribution in [3.05, 3.63) is 0 Å². The molecule has 1 rings (SSSR count). The van der Waals surface area contributed by atoms with Gasteiger partial charge in [-0.3, -0.25) is 0 Å². The van der Waals surface area contributed by atoms with Gasteiger partial charge >= 0.3 is 0 Å². The first-order valence-electron chi connectivity index (χ1n) is 6.21. The number of hydrogen-bond donors (Lipinski definition) is 0. The van der Waals surface area contributed by atoms with Crippen LogP contribution in [0.15, 0.2) is 0 Å². The van der Waals surface area contributed by atoms with Crippen LogP contribution in [0.1, 0.15) is 46.5 Å². The van der Waals surface area contributed by atoms with Gasteiger partial charge in [0.15, 0.2) is 0 Å². The Morgan fingerprint density at radius 2 is 2.07 bits per heavy atom. The van der Waals surface area contributed by atoms with Crippen molar-refractivity contribution in [3.63, 3.8) is 0 Å². The molecule has 86 valence electrons. The summed E-state index contributed by atoms with van der Waals surface area (Å²) in [5.74, 6) is 0.980. The van der Waals surface area contributed by atoms with Crippen molar-refractivity contribution in [2.24, 2.45) is 11.3 Å². The maximum Gasteiger partial charge on any atom is 0.0683 e. The van der Waals surface area contributed by atoms with Gasteiger partial charge in [-0.05, 0) is 58.5 Å². The number of hydrogen-bond acceptors (Lipinski definition) is 2. The standard InChI is InChI=1S/C13H24N2/c1-4-15(10-12-6-7-12)9-5-8-13(2,3)11-14/h12H,4-10H2,1-3H3. The van der Waals surface area contributed by atoms with E-state index >= 15 is 0 Å². The van der Waals surface area contributed by atoms with E-state index in [1.165, 1.54) is 19.4 Å². The van der Waals surface area contributed by atoms with Crippen molar-refractivity contribution in [2.45, 2.75) is 46.5 Å². The van der Waals surface area contributed by atoms with E-state index in [1.54, 1.807) is 0 Å². The summed E-state index contributed by atoms with van der Waals surface area (Å²) in [4.78, 5) is 2.53. The minimum absolute atomic E-state index is 0.140. The molecule has 0 spiro atoms. The van der Waals surface area contributed by atoms with Crippen LogP contribution in [0.5, 0.6) is 0 Å². The zero-order valence-corrected chi connectivity index (χ0v) is 10.4. The summed E-state index contributed by atoms with van der Waals surface area (Å²) < 4.78 is 0. The Labute approximate surface area is 94.3 Å². The molecule has 1 fully saturated rings. The first kappa shape index (κ1) is 12.5. The molecule has 0 aromatic heterocycles. The molecule has 0 saturated heterocycles. The highest BCUT2D eigenvalue weighted by molar-refractivity contribution is 4.91. The van der Waals surface area contributed by atoms with E-state index in [2.05, 4.69) is 17.9 Å². The van der Waals surface area contributed by atoms with Crippen LogP contribution in [0.25, 0.3) is 0 Å². The van der Waals surface area contributed by atoms with Crippen molar-refractivity contribution in [1.82, 2.24) is 4.90 Å². The Kier molecular flexibility index (Phi) is 4.60. The average Bonchev–Trinajstić information content (AvgIpc) is 3.00. The molecule has 0 aromatic rings. The second kappa shape index (κ2) is 5.51. The lowest BCUT2D eigenvalue weighted by atomic mass is 9.90. The molecule has 1 aliphatic rings. The monoisotopic (exact) mass is 208 g/mol. The van der Waals surface area contributed by atoms with Gasteiger partial charge in [0.05, 0.1) is 11.5 Å². The predicted molar refractivity (Wildman–Crippen MR) is 63.5 cm³/mol. The highest BCUT2D eigenvalue weighted by atomic mass is 15.1. The molecule has 0 radical (unpaired) electrons. The van der Waals surface area contributed by atoms with Crippen LogP contribution in [0.4, 0.5) is 0 Å². The maximum atomic E-state index is 8.91. The van der Waals surface area contributed by atoms with Crippen molar-refractivity contribution in [1.29, 1.82) is 5.26 Å². The molecule has 1 saturated carbocycles. The van der Waals surface area contributed by atoms with E-state index in [4.69, 9.17) is 5.26 Å². The van der Waals surface area contributed by atoms with Crippen LogP contribution in [0.2, 0.25) is 0 Å². The Bertz CT molecular complexity index is 223. The third kappa shape index (κ3) is 5.18. The SMILES string of the molecule is CCN(CCCC(C)(C)C#N)CC1CC1. The van der Waals surface area contributed by atoms with Crippen LogP contribution in [-0.2, 0) is 0 Å². The van der Waals surface area contributed by atoms with E-state index in [-0.39, 0.29) is 5.41 Å². The lowest BCUT2D eigenvalue weighted by Crippen LogP contribution is -2.27. The molecule has 0 N–H and O–H groups in total. The van der Waals surface area contributed by atoms with Crippen molar-refractivity contribution in [2.75, 3.05) is 19.6 Å². The fourth-order valence-corrected chi connectivity index (χ4v) is 1.84. The number of nitrogens with zero attached hydrogens (tertiary/aromatic N) is 2. The smallest absolute Gasteiger partial charge is 0.0683 e. The quantitative estimate of drug-likeness (QED) is 0.643. The molecule has 1 aliphatic carbocycles. The Morgan fingerprint density at radius 1 is 1.40 bits per heavy atom. The van der Waals surface area contributed by atoms with E-state index in [0.29, 0.717) is 0 Å². The topological polar surface area (TPSA) is 27.0 Å². The van der Waals surface area contributed by atoms with Crippen LogP contribution in [0, 0.1) is 22.7 Å². The molecule has 0 bridgehead atoms. The molecular weight excluding hydrogens is 184 g/mol. The van der Waals surface area contributed by atoms with Crippen LogP contribution in [-0.4, -0.2) is 24.5 Å². The molecule has 2 nitrogen and oxygen atoms in total. The predicted octanol–water partition coefficient (Wildman–Crippen LogP) is 3.05. The molecule has 2 heteroatoms. The highest BCUT2D eigenvalue weighted by Crippen LogP contribution is 2.30. The lowest BCUT2D eigenvalue weighted by molar-refractivity contribution is 0.258. The first-order chi connectivity index (χ1) is 7.07. The van der Waals surface area contributed by atoms with Gasteiger partial charge in [-0.1, -0.05) is 6.92 Å². The van der Waals surface area contributed by atoms with E-state index in [1.807, 2.05) is 13.8 Å². The second-order valence-corrected chi connectivity index (χ2v) is 5.44. The Morgan fingerprint density at radius 3 is 2.53 bits per heavy atom. The molecular formula is C13H24N2. The van der Waals surface area contributed by atoms with Gasteiger partial charge in [-0.2, -0.15) is 5.26 Å². The summed E-state index contributed by atoms with van der Waals surface area (Å²) in [5.41, 5.74) is -0.140. The Hall–Kier alpha value is -0.550. The Balaban J connectivity index is 2.13. The highest BCUT2D eigenvalue weighted by Gasteiger charge is 2.24. The molecule has 15 heavy (non-hydrogen) atoms. The summed E-state index contributed by atoms with van der Waals surface area (Å²) in [6.45, 7) is 9.90. The minimum atomic E-state index is -0.140. The van der Waals surface area contributed by atoms with Crippen molar-refractivity contribution in [3.8, 4) is 6.07 Å². The van der Waals surface area contributed by atoms with Crippen LogP contribution < -0.4 is 0 Å². The summed E-state index contributed by atoms with van der Waals surface area (Å²) in [7, 11) is 0. The first-order valence-corrected chi connectivity index (χ1v) is 6.21. The van der Waals surface area contributed by atoms with Crippen molar-refractivity contribution >= 4 is 0 Å². The molecule has 0 unspecified atom stereocenters. The minimum Gasteiger partial charge on any atom is -0.303 e. The van der Waals surface area contributed by atoms with Crippen LogP contribution in [0.3, 0.4) is 0 Å². The summed E-state index contributed by atoms with van der Waals surface area (Å²) in [6.07, 6.45) is 5.03. The fourth-order valence-electron chi connectivity index (χ4n) is 1.84. The van der Waals surface area contributed by atoms with Gasteiger partial charge in [0.1, 0.15) is 0 Å². The normalized spacial score (nSPS) is 16.7. The molecule has 0 aromatic carbocycles.